The molecule has 2 aromatic rings. The van der Waals surface area contributed by atoms with Crippen LogP contribution in [0.2, 0.25) is 5.02 Å². The molecular weight excluding hydrogens is 327 g/mol. The molecule has 0 bridgehead atoms. The molecule has 1 N–H and O–H groups in total. The van der Waals surface area contributed by atoms with Crippen molar-refractivity contribution >= 4 is 17.5 Å². The summed E-state index contributed by atoms with van der Waals surface area (Å²) < 4.78 is 37.9. The van der Waals surface area contributed by atoms with Crippen LogP contribution in [0.25, 0.3) is 0 Å². The predicted molar refractivity (Wildman–Crippen MR) is 83.3 cm³/mol. The van der Waals surface area contributed by atoms with Crippen LogP contribution in [0.5, 0.6) is 0 Å². The number of alkyl halides is 3. The second kappa shape index (κ2) is 7.51. The van der Waals surface area contributed by atoms with Crippen molar-refractivity contribution in [3.63, 3.8) is 0 Å². The van der Waals surface area contributed by atoms with Gasteiger partial charge in [0.15, 0.2) is 0 Å². The quantitative estimate of drug-likeness (QED) is 0.865. The molecule has 2 rings (SSSR count). The summed E-state index contributed by atoms with van der Waals surface area (Å²) in [6.45, 7) is 0.401. The fourth-order valence-electron chi connectivity index (χ4n) is 2.14. The number of benzene rings is 2. The van der Waals surface area contributed by atoms with E-state index in [1.165, 1.54) is 12.1 Å². The lowest BCUT2D eigenvalue weighted by atomic mass is 10.1. The summed E-state index contributed by atoms with van der Waals surface area (Å²) in [5.41, 5.74) is 0.568. The Balaban J connectivity index is 1.85. The Labute approximate surface area is 137 Å². The molecule has 0 saturated heterocycles. The molecule has 0 saturated carbocycles. The van der Waals surface area contributed by atoms with Crippen molar-refractivity contribution in [2.75, 3.05) is 6.54 Å². The molecule has 0 aliphatic rings. The van der Waals surface area contributed by atoms with E-state index >= 15 is 0 Å². The third kappa shape index (κ3) is 5.60. The first-order valence-corrected chi connectivity index (χ1v) is 7.39. The molecule has 122 valence electrons. The van der Waals surface area contributed by atoms with Gasteiger partial charge in [0.2, 0.25) is 5.91 Å². The Morgan fingerprint density at radius 1 is 1.04 bits per heavy atom. The molecular formula is C17H15ClF3NO. The third-order valence-electron chi connectivity index (χ3n) is 3.24. The molecule has 0 unspecified atom stereocenters. The minimum absolute atomic E-state index is 0.0839. The lowest BCUT2D eigenvalue weighted by Crippen LogP contribution is -2.27. The molecule has 2 nitrogen and oxygen atoms in total. The lowest BCUT2D eigenvalue weighted by molar-refractivity contribution is -0.137. The number of halogens is 4. The predicted octanol–water partition coefficient (Wildman–Crippen LogP) is 4.26. The second-order valence-electron chi connectivity index (χ2n) is 5.10. The minimum atomic E-state index is -4.40. The highest BCUT2D eigenvalue weighted by Gasteiger charge is 2.30. The van der Waals surface area contributed by atoms with Crippen LogP contribution in [0.15, 0.2) is 48.5 Å². The summed E-state index contributed by atoms with van der Waals surface area (Å²) in [6.07, 6.45) is -3.88. The van der Waals surface area contributed by atoms with Gasteiger partial charge in [-0.1, -0.05) is 41.9 Å². The smallest absolute Gasteiger partial charge is 0.355 e. The molecule has 23 heavy (non-hydrogen) atoms. The van der Waals surface area contributed by atoms with Crippen LogP contribution < -0.4 is 5.32 Å². The van der Waals surface area contributed by atoms with Crippen LogP contribution in [-0.4, -0.2) is 12.5 Å². The van der Waals surface area contributed by atoms with E-state index in [4.69, 9.17) is 11.6 Å². The highest BCUT2D eigenvalue weighted by Crippen LogP contribution is 2.29. The number of hydrogen-bond donors (Lipinski definition) is 1. The SMILES string of the molecule is O=C(Cc1cccc(C(F)(F)F)c1)NCCc1cccc(Cl)c1. The monoisotopic (exact) mass is 341 g/mol. The van der Waals surface area contributed by atoms with Gasteiger partial charge < -0.3 is 5.32 Å². The maximum absolute atomic E-state index is 12.6. The first-order valence-electron chi connectivity index (χ1n) is 7.02. The number of hydrogen-bond acceptors (Lipinski definition) is 1. The minimum Gasteiger partial charge on any atom is -0.355 e. The summed E-state index contributed by atoms with van der Waals surface area (Å²) in [4.78, 5) is 11.8. The zero-order valence-electron chi connectivity index (χ0n) is 12.2. The zero-order valence-corrected chi connectivity index (χ0v) is 12.9. The van der Waals surface area contributed by atoms with Gasteiger partial charge in [-0.05, 0) is 35.7 Å². The Morgan fingerprint density at radius 3 is 2.43 bits per heavy atom. The largest absolute Gasteiger partial charge is 0.416 e. The standard InChI is InChI=1S/C17H15ClF3NO/c18-15-6-2-3-12(10-15)7-8-22-16(23)11-13-4-1-5-14(9-13)17(19,20)21/h1-6,9-10H,7-8,11H2,(H,22,23). The van der Waals surface area contributed by atoms with E-state index in [-0.39, 0.29) is 12.3 Å². The van der Waals surface area contributed by atoms with E-state index in [0.717, 1.165) is 17.7 Å². The molecule has 0 spiro atoms. The first kappa shape index (κ1) is 17.3. The molecule has 0 radical (unpaired) electrons. The van der Waals surface area contributed by atoms with Crippen molar-refractivity contribution in [2.45, 2.75) is 19.0 Å². The van der Waals surface area contributed by atoms with Gasteiger partial charge >= 0.3 is 6.18 Å². The topological polar surface area (TPSA) is 29.1 Å². The molecule has 6 heteroatoms. The average molecular weight is 342 g/mol. The summed E-state index contributed by atoms with van der Waals surface area (Å²) in [5.74, 6) is -0.314. The second-order valence-corrected chi connectivity index (χ2v) is 5.54. The van der Waals surface area contributed by atoms with E-state index in [1.54, 1.807) is 12.1 Å². The van der Waals surface area contributed by atoms with Crippen molar-refractivity contribution in [3.8, 4) is 0 Å². The molecule has 0 aliphatic carbocycles. The third-order valence-corrected chi connectivity index (χ3v) is 3.48. The van der Waals surface area contributed by atoms with Gasteiger partial charge in [0, 0.05) is 11.6 Å². The van der Waals surface area contributed by atoms with Crippen LogP contribution in [0.4, 0.5) is 13.2 Å². The molecule has 2 aromatic carbocycles. The molecule has 0 aromatic heterocycles. The van der Waals surface area contributed by atoms with Gasteiger partial charge in [0.1, 0.15) is 0 Å². The van der Waals surface area contributed by atoms with Crippen molar-refractivity contribution in [1.29, 1.82) is 0 Å². The summed E-state index contributed by atoms with van der Waals surface area (Å²) in [5, 5.41) is 3.32. The molecule has 0 fully saturated rings. The van der Waals surface area contributed by atoms with E-state index in [9.17, 15) is 18.0 Å². The van der Waals surface area contributed by atoms with Crippen molar-refractivity contribution in [1.82, 2.24) is 5.32 Å². The van der Waals surface area contributed by atoms with Crippen LogP contribution >= 0.6 is 11.6 Å². The van der Waals surface area contributed by atoms with Gasteiger partial charge in [-0.25, -0.2) is 0 Å². The van der Waals surface area contributed by atoms with E-state index in [2.05, 4.69) is 5.32 Å². The molecule has 0 heterocycles. The fraction of sp³-hybridized carbons (Fsp3) is 0.235. The van der Waals surface area contributed by atoms with Crippen LogP contribution in [0.3, 0.4) is 0 Å². The summed E-state index contributed by atoms with van der Waals surface area (Å²) in [7, 11) is 0. The molecule has 1 amide bonds. The number of nitrogens with one attached hydrogen (secondary N) is 1. The van der Waals surface area contributed by atoms with Gasteiger partial charge in [0.25, 0.3) is 0 Å². The van der Waals surface area contributed by atoms with Crippen molar-refractivity contribution in [2.24, 2.45) is 0 Å². The fourth-order valence-corrected chi connectivity index (χ4v) is 2.36. The average Bonchev–Trinajstić information content (AvgIpc) is 2.46. The zero-order chi connectivity index (χ0) is 16.9. The Bertz CT molecular complexity index is 686. The lowest BCUT2D eigenvalue weighted by Gasteiger charge is -2.09. The summed E-state index contributed by atoms with van der Waals surface area (Å²) in [6, 6.07) is 12.1. The first-order chi connectivity index (χ1) is 10.8. The van der Waals surface area contributed by atoms with Gasteiger partial charge in [-0.2, -0.15) is 13.2 Å². The van der Waals surface area contributed by atoms with E-state index < -0.39 is 11.7 Å². The van der Waals surface area contributed by atoms with E-state index in [0.29, 0.717) is 23.6 Å². The van der Waals surface area contributed by atoms with Crippen LogP contribution in [0.1, 0.15) is 16.7 Å². The van der Waals surface area contributed by atoms with Crippen molar-refractivity contribution < 1.29 is 18.0 Å². The maximum atomic E-state index is 12.6. The molecule has 0 aliphatic heterocycles. The highest BCUT2D eigenvalue weighted by molar-refractivity contribution is 6.30. The number of carbonyl (C=O) groups excluding carboxylic acids is 1. The van der Waals surface area contributed by atoms with E-state index in [1.807, 2.05) is 12.1 Å². The Hall–Kier alpha value is -2.01. The summed E-state index contributed by atoms with van der Waals surface area (Å²) >= 11 is 5.87. The Morgan fingerprint density at radius 2 is 1.74 bits per heavy atom. The normalized spacial score (nSPS) is 11.3. The van der Waals surface area contributed by atoms with Gasteiger partial charge in [-0.15, -0.1) is 0 Å². The van der Waals surface area contributed by atoms with Gasteiger partial charge in [0.05, 0.1) is 12.0 Å². The maximum Gasteiger partial charge on any atom is 0.416 e. The molecule has 0 atom stereocenters. The van der Waals surface area contributed by atoms with Crippen LogP contribution in [0, 0.1) is 0 Å². The van der Waals surface area contributed by atoms with Crippen LogP contribution in [-0.2, 0) is 23.8 Å². The highest BCUT2D eigenvalue weighted by atomic mass is 35.5. The number of rotatable bonds is 5. The van der Waals surface area contributed by atoms with Gasteiger partial charge in [-0.3, -0.25) is 4.79 Å². The number of carbonyl (C=O) groups is 1. The Kier molecular flexibility index (Phi) is 5.66. The van der Waals surface area contributed by atoms with Crippen molar-refractivity contribution in [3.05, 3.63) is 70.2 Å². The number of amides is 1.